The molecule has 120 valence electrons. The summed E-state index contributed by atoms with van der Waals surface area (Å²) in [6.07, 6.45) is 4.54. The number of nitrogens with two attached hydrogens (primary N) is 1. The van der Waals surface area contributed by atoms with Crippen LogP contribution in [-0.2, 0) is 5.54 Å². The summed E-state index contributed by atoms with van der Waals surface area (Å²) >= 11 is 6.05. The van der Waals surface area contributed by atoms with Gasteiger partial charge < -0.3 is 10.3 Å². The maximum absolute atomic E-state index is 6.23. The van der Waals surface area contributed by atoms with Crippen molar-refractivity contribution in [3.05, 3.63) is 41.3 Å². The first-order valence-corrected chi connectivity index (χ1v) is 7.46. The van der Waals surface area contributed by atoms with Gasteiger partial charge in [-0.2, -0.15) is 10.1 Å². The summed E-state index contributed by atoms with van der Waals surface area (Å²) in [6, 6.07) is 7.49. The number of hydrogen-bond donors (Lipinski definition) is 2. The van der Waals surface area contributed by atoms with Crippen molar-refractivity contribution in [3.8, 4) is 22.7 Å². The maximum Gasteiger partial charge on any atom is 0.261 e. The molecule has 1 fully saturated rings. The van der Waals surface area contributed by atoms with Gasteiger partial charge in [0.05, 0.1) is 23.0 Å². The van der Waals surface area contributed by atoms with E-state index in [0.717, 1.165) is 36.1 Å². The highest BCUT2D eigenvalue weighted by Crippen LogP contribution is 2.38. The summed E-state index contributed by atoms with van der Waals surface area (Å²) in [5.41, 5.74) is 8.23. The molecule has 0 bridgehead atoms. The molecular formula is C15H15Cl2N5O. The third-order valence-corrected chi connectivity index (χ3v) is 4.34. The number of aromatic nitrogens is 4. The lowest BCUT2D eigenvalue weighted by Gasteiger charge is -2.34. The number of H-pyrrole nitrogens is 1. The van der Waals surface area contributed by atoms with E-state index in [1.807, 2.05) is 24.3 Å². The second-order valence-electron chi connectivity index (χ2n) is 5.60. The summed E-state index contributed by atoms with van der Waals surface area (Å²) < 4.78 is 5.39. The van der Waals surface area contributed by atoms with Gasteiger partial charge in [0.1, 0.15) is 0 Å². The standard InChI is InChI=1S/C15H14ClN5O.ClH/c16-10-4-1-3-9(7-10)12-11(8-18-20-12)13-19-14(21-22-13)15(17)5-2-6-15;/h1,3-4,7-8H,2,5-6,17H2,(H,18,20);1H. The van der Waals surface area contributed by atoms with Gasteiger partial charge in [-0.05, 0) is 31.4 Å². The molecule has 8 heteroatoms. The minimum Gasteiger partial charge on any atom is -0.334 e. The van der Waals surface area contributed by atoms with E-state index in [-0.39, 0.29) is 12.4 Å². The minimum absolute atomic E-state index is 0. The molecule has 2 heterocycles. The zero-order chi connectivity index (χ0) is 15.2. The topological polar surface area (TPSA) is 93.6 Å². The Morgan fingerprint density at radius 3 is 2.83 bits per heavy atom. The van der Waals surface area contributed by atoms with Gasteiger partial charge in [-0.25, -0.2) is 0 Å². The van der Waals surface area contributed by atoms with Crippen molar-refractivity contribution < 1.29 is 4.52 Å². The first-order chi connectivity index (χ1) is 10.7. The molecule has 3 aromatic rings. The van der Waals surface area contributed by atoms with E-state index in [2.05, 4.69) is 20.3 Å². The molecule has 0 saturated heterocycles. The number of rotatable bonds is 3. The zero-order valence-corrected chi connectivity index (χ0v) is 13.7. The fourth-order valence-corrected chi connectivity index (χ4v) is 2.82. The van der Waals surface area contributed by atoms with Crippen molar-refractivity contribution in [2.24, 2.45) is 5.73 Å². The molecule has 1 aliphatic rings. The number of halogens is 2. The molecule has 23 heavy (non-hydrogen) atoms. The van der Waals surface area contributed by atoms with E-state index in [1.165, 1.54) is 0 Å². The van der Waals surface area contributed by atoms with Crippen LogP contribution in [0.2, 0.25) is 5.02 Å². The Morgan fingerprint density at radius 1 is 1.30 bits per heavy atom. The van der Waals surface area contributed by atoms with Crippen LogP contribution >= 0.6 is 24.0 Å². The Balaban J connectivity index is 0.00000156. The third kappa shape index (κ3) is 2.73. The number of benzene rings is 1. The summed E-state index contributed by atoms with van der Waals surface area (Å²) in [5, 5.41) is 11.7. The van der Waals surface area contributed by atoms with Gasteiger partial charge in [-0.3, -0.25) is 5.10 Å². The van der Waals surface area contributed by atoms with E-state index in [0.29, 0.717) is 16.7 Å². The number of aromatic amines is 1. The van der Waals surface area contributed by atoms with Crippen molar-refractivity contribution in [1.82, 2.24) is 20.3 Å². The monoisotopic (exact) mass is 351 g/mol. The van der Waals surface area contributed by atoms with Gasteiger partial charge in [0.25, 0.3) is 5.89 Å². The number of nitrogens with zero attached hydrogens (tertiary/aromatic N) is 3. The van der Waals surface area contributed by atoms with Crippen molar-refractivity contribution >= 4 is 24.0 Å². The molecule has 2 aromatic heterocycles. The minimum atomic E-state index is -0.443. The number of hydrogen-bond acceptors (Lipinski definition) is 5. The first-order valence-electron chi connectivity index (χ1n) is 7.08. The highest BCUT2D eigenvalue weighted by atomic mass is 35.5. The van der Waals surface area contributed by atoms with Crippen LogP contribution in [0.3, 0.4) is 0 Å². The molecule has 0 amide bonds. The van der Waals surface area contributed by atoms with Gasteiger partial charge in [0.15, 0.2) is 5.82 Å². The highest BCUT2D eigenvalue weighted by molar-refractivity contribution is 6.30. The molecule has 3 N–H and O–H groups in total. The van der Waals surface area contributed by atoms with Crippen molar-refractivity contribution in [1.29, 1.82) is 0 Å². The van der Waals surface area contributed by atoms with Crippen LogP contribution in [0, 0.1) is 0 Å². The average Bonchev–Trinajstić information content (AvgIpc) is 3.13. The summed E-state index contributed by atoms with van der Waals surface area (Å²) in [7, 11) is 0. The van der Waals surface area contributed by atoms with Crippen LogP contribution in [0.15, 0.2) is 35.0 Å². The van der Waals surface area contributed by atoms with E-state index < -0.39 is 5.54 Å². The maximum atomic E-state index is 6.23. The van der Waals surface area contributed by atoms with Crippen LogP contribution in [0.25, 0.3) is 22.7 Å². The molecule has 4 rings (SSSR count). The molecule has 1 aromatic carbocycles. The molecule has 1 aliphatic carbocycles. The fraction of sp³-hybridized carbons (Fsp3) is 0.267. The Morgan fingerprint density at radius 2 is 2.13 bits per heavy atom. The van der Waals surface area contributed by atoms with Gasteiger partial charge in [-0.1, -0.05) is 28.9 Å². The van der Waals surface area contributed by atoms with Crippen LogP contribution in [-0.4, -0.2) is 20.3 Å². The second kappa shape index (κ2) is 5.96. The van der Waals surface area contributed by atoms with Crippen LogP contribution in [0.4, 0.5) is 0 Å². The average molecular weight is 352 g/mol. The molecule has 0 radical (unpaired) electrons. The van der Waals surface area contributed by atoms with Crippen LogP contribution < -0.4 is 5.73 Å². The quantitative estimate of drug-likeness (QED) is 0.752. The largest absolute Gasteiger partial charge is 0.334 e. The summed E-state index contributed by atoms with van der Waals surface area (Å²) in [5.74, 6) is 0.974. The van der Waals surface area contributed by atoms with Crippen LogP contribution in [0.5, 0.6) is 0 Å². The Kier molecular flexibility index (Phi) is 4.14. The molecule has 0 aliphatic heterocycles. The van der Waals surface area contributed by atoms with E-state index in [1.54, 1.807) is 6.20 Å². The first kappa shape index (κ1) is 16.0. The lowest BCUT2D eigenvalue weighted by molar-refractivity contribution is 0.229. The van der Waals surface area contributed by atoms with Gasteiger partial charge >= 0.3 is 0 Å². The highest BCUT2D eigenvalue weighted by Gasteiger charge is 2.39. The lowest BCUT2D eigenvalue weighted by Crippen LogP contribution is -2.44. The van der Waals surface area contributed by atoms with E-state index in [4.69, 9.17) is 21.9 Å². The molecule has 0 unspecified atom stereocenters. The Labute approximate surface area is 143 Å². The Bertz CT molecular complexity index is 825. The smallest absolute Gasteiger partial charge is 0.261 e. The lowest BCUT2D eigenvalue weighted by atomic mass is 9.77. The second-order valence-corrected chi connectivity index (χ2v) is 6.04. The van der Waals surface area contributed by atoms with E-state index >= 15 is 0 Å². The van der Waals surface area contributed by atoms with Crippen molar-refractivity contribution in [3.63, 3.8) is 0 Å². The third-order valence-electron chi connectivity index (χ3n) is 4.10. The summed E-state index contributed by atoms with van der Waals surface area (Å²) in [6.45, 7) is 0. The predicted octanol–water partition coefficient (Wildman–Crippen LogP) is 3.54. The van der Waals surface area contributed by atoms with Crippen molar-refractivity contribution in [2.45, 2.75) is 24.8 Å². The SMILES string of the molecule is Cl.NC1(c2noc(-c3cn[nH]c3-c3cccc(Cl)c3)n2)CCC1. The normalized spacial score (nSPS) is 15.7. The molecule has 0 spiro atoms. The molecule has 0 atom stereocenters. The van der Waals surface area contributed by atoms with Crippen LogP contribution in [0.1, 0.15) is 25.1 Å². The van der Waals surface area contributed by atoms with Crippen molar-refractivity contribution in [2.75, 3.05) is 0 Å². The van der Waals surface area contributed by atoms with Gasteiger partial charge in [0.2, 0.25) is 0 Å². The van der Waals surface area contributed by atoms with Gasteiger partial charge in [0, 0.05) is 10.6 Å². The number of nitrogens with one attached hydrogen (secondary N) is 1. The Hall–Kier alpha value is -1.89. The fourth-order valence-electron chi connectivity index (χ4n) is 2.63. The van der Waals surface area contributed by atoms with E-state index in [9.17, 15) is 0 Å². The predicted molar refractivity (Wildman–Crippen MR) is 89.3 cm³/mol. The molecular weight excluding hydrogens is 337 g/mol. The molecule has 1 saturated carbocycles. The molecule has 6 nitrogen and oxygen atoms in total. The summed E-state index contributed by atoms with van der Waals surface area (Å²) in [4.78, 5) is 4.46. The zero-order valence-electron chi connectivity index (χ0n) is 12.1. The van der Waals surface area contributed by atoms with Gasteiger partial charge in [-0.15, -0.1) is 12.4 Å².